The normalized spacial score (nSPS) is 22.5. The summed E-state index contributed by atoms with van der Waals surface area (Å²) < 4.78 is 0. The van der Waals surface area contributed by atoms with Gasteiger partial charge in [-0.2, -0.15) is 0 Å². The van der Waals surface area contributed by atoms with E-state index < -0.39 is 0 Å². The number of hydrogen-bond donors (Lipinski definition) is 2. The molecule has 2 saturated heterocycles. The number of aromatic nitrogens is 2. The molecule has 2 unspecified atom stereocenters. The highest BCUT2D eigenvalue weighted by Gasteiger charge is 2.29. The number of anilines is 2. The molecule has 0 spiro atoms. The molecular formula is C19H23N5O. The summed E-state index contributed by atoms with van der Waals surface area (Å²) in [7, 11) is 0. The minimum Gasteiger partial charge on any atom is -0.369 e. The Kier molecular flexibility index (Phi) is 4.61. The van der Waals surface area contributed by atoms with Crippen LogP contribution in [0.3, 0.4) is 0 Å². The molecule has 0 aliphatic carbocycles. The number of rotatable bonds is 4. The Morgan fingerprint density at radius 1 is 1.16 bits per heavy atom. The van der Waals surface area contributed by atoms with Gasteiger partial charge >= 0.3 is 0 Å². The van der Waals surface area contributed by atoms with Crippen molar-refractivity contribution in [3.63, 3.8) is 0 Å². The van der Waals surface area contributed by atoms with Crippen molar-refractivity contribution in [2.75, 3.05) is 23.3 Å². The standard InChI is InChI=1S/C19H23N5O/c25-19(11-15-3-1-2-9-20-15)23-18-7-6-17(12-21-18)24-10-8-14-4-5-16(13-24)22-14/h1-3,6-7,9,12,14,16,22H,4-5,8,10-11,13H2,(H,21,23,25). The van der Waals surface area contributed by atoms with Crippen LogP contribution in [-0.4, -0.2) is 41.0 Å². The zero-order valence-electron chi connectivity index (χ0n) is 14.2. The Balaban J connectivity index is 1.36. The van der Waals surface area contributed by atoms with Gasteiger partial charge in [-0.25, -0.2) is 4.98 Å². The minimum absolute atomic E-state index is 0.102. The molecule has 2 aromatic heterocycles. The van der Waals surface area contributed by atoms with Gasteiger partial charge in [0.2, 0.25) is 5.91 Å². The van der Waals surface area contributed by atoms with E-state index in [2.05, 4.69) is 25.5 Å². The summed E-state index contributed by atoms with van der Waals surface area (Å²) in [5, 5.41) is 6.53. The van der Waals surface area contributed by atoms with Crippen LogP contribution in [0.2, 0.25) is 0 Å². The van der Waals surface area contributed by atoms with Gasteiger partial charge in [-0.1, -0.05) is 6.07 Å². The largest absolute Gasteiger partial charge is 0.369 e. The Hall–Kier alpha value is -2.47. The maximum absolute atomic E-state index is 12.1. The monoisotopic (exact) mass is 337 g/mol. The summed E-state index contributed by atoms with van der Waals surface area (Å²) >= 11 is 0. The van der Waals surface area contributed by atoms with Gasteiger partial charge in [0.25, 0.3) is 0 Å². The van der Waals surface area contributed by atoms with Gasteiger partial charge in [-0.15, -0.1) is 0 Å². The lowest BCUT2D eigenvalue weighted by atomic mass is 10.1. The molecule has 2 aromatic rings. The van der Waals surface area contributed by atoms with Gasteiger partial charge in [-0.05, 0) is 43.5 Å². The van der Waals surface area contributed by atoms with E-state index in [1.165, 1.54) is 19.3 Å². The maximum atomic E-state index is 12.1. The molecule has 4 rings (SSSR count). The Labute approximate surface area is 147 Å². The van der Waals surface area contributed by atoms with Crippen LogP contribution < -0.4 is 15.5 Å². The van der Waals surface area contributed by atoms with Gasteiger partial charge in [0.1, 0.15) is 5.82 Å². The van der Waals surface area contributed by atoms with Crippen LogP contribution in [0, 0.1) is 0 Å². The first-order valence-electron chi connectivity index (χ1n) is 8.93. The molecule has 2 aliphatic heterocycles. The van der Waals surface area contributed by atoms with Crippen molar-refractivity contribution in [1.29, 1.82) is 0 Å². The molecule has 0 aromatic carbocycles. The Morgan fingerprint density at radius 3 is 2.88 bits per heavy atom. The van der Waals surface area contributed by atoms with Crippen LogP contribution in [0.25, 0.3) is 0 Å². The first kappa shape index (κ1) is 16.0. The minimum atomic E-state index is -0.102. The number of carbonyl (C=O) groups excluding carboxylic acids is 1. The van der Waals surface area contributed by atoms with Crippen LogP contribution in [-0.2, 0) is 11.2 Å². The summed E-state index contributed by atoms with van der Waals surface area (Å²) in [6.45, 7) is 2.09. The lowest BCUT2D eigenvalue weighted by Gasteiger charge is -2.26. The van der Waals surface area contributed by atoms with Crippen LogP contribution in [0.1, 0.15) is 25.0 Å². The molecule has 4 heterocycles. The highest BCUT2D eigenvalue weighted by molar-refractivity contribution is 5.91. The third-order valence-electron chi connectivity index (χ3n) is 4.97. The van der Waals surface area contributed by atoms with Gasteiger partial charge in [-0.3, -0.25) is 9.78 Å². The number of pyridine rings is 2. The molecule has 2 fully saturated rings. The van der Waals surface area contributed by atoms with E-state index in [0.29, 0.717) is 17.9 Å². The van der Waals surface area contributed by atoms with Gasteiger partial charge in [0, 0.05) is 37.1 Å². The average Bonchev–Trinajstić information content (AvgIpc) is 2.95. The number of amides is 1. The number of carbonyl (C=O) groups is 1. The fraction of sp³-hybridized carbons (Fsp3) is 0.421. The van der Waals surface area contributed by atoms with Crippen molar-refractivity contribution in [2.24, 2.45) is 0 Å². The van der Waals surface area contributed by atoms with Crippen LogP contribution in [0.4, 0.5) is 11.5 Å². The fourth-order valence-electron chi connectivity index (χ4n) is 3.68. The van der Waals surface area contributed by atoms with E-state index in [4.69, 9.17) is 0 Å². The van der Waals surface area contributed by atoms with Crippen molar-refractivity contribution in [3.05, 3.63) is 48.4 Å². The fourth-order valence-corrected chi connectivity index (χ4v) is 3.68. The van der Waals surface area contributed by atoms with Crippen molar-refractivity contribution in [3.8, 4) is 0 Å². The van der Waals surface area contributed by atoms with Crippen molar-refractivity contribution >= 4 is 17.4 Å². The average molecular weight is 337 g/mol. The van der Waals surface area contributed by atoms with Gasteiger partial charge in [0.15, 0.2) is 0 Å². The lowest BCUT2D eigenvalue weighted by Crippen LogP contribution is -2.35. The summed E-state index contributed by atoms with van der Waals surface area (Å²) in [4.78, 5) is 23.1. The molecule has 2 N–H and O–H groups in total. The second-order valence-electron chi connectivity index (χ2n) is 6.82. The summed E-state index contributed by atoms with van der Waals surface area (Å²) in [5.74, 6) is 0.481. The summed E-state index contributed by atoms with van der Waals surface area (Å²) in [6.07, 6.45) is 7.55. The van der Waals surface area contributed by atoms with Crippen LogP contribution in [0.5, 0.6) is 0 Å². The van der Waals surface area contributed by atoms with E-state index in [-0.39, 0.29) is 12.3 Å². The van der Waals surface area contributed by atoms with E-state index in [1.54, 1.807) is 6.20 Å². The number of hydrogen-bond acceptors (Lipinski definition) is 5. The summed E-state index contributed by atoms with van der Waals surface area (Å²) in [5.41, 5.74) is 1.88. The second-order valence-corrected chi connectivity index (χ2v) is 6.82. The molecular weight excluding hydrogens is 314 g/mol. The molecule has 25 heavy (non-hydrogen) atoms. The predicted molar refractivity (Wildman–Crippen MR) is 97.6 cm³/mol. The SMILES string of the molecule is O=C(Cc1ccccn1)Nc1ccc(N2CCC3CCC(C2)N3)cn1. The molecule has 130 valence electrons. The zero-order valence-corrected chi connectivity index (χ0v) is 14.2. The quantitative estimate of drug-likeness (QED) is 0.893. The third-order valence-corrected chi connectivity index (χ3v) is 4.97. The Morgan fingerprint density at radius 2 is 2.08 bits per heavy atom. The Bertz CT molecular complexity index is 718. The number of fused-ring (bicyclic) bond motifs is 2. The lowest BCUT2D eigenvalue weighted by molar-refractivity contribution is -0.115. The van der Waals surface area contributed by atoms with E-state index in [0.717, 1.165) is 24.5 Å². The van der Waals surface area contributed by atoms with Crippen molar-refractivity contribution < 1.29 is 4.79 Å². The van der Waals surface area contributed by atoms with E-state index >= 15 is 0 Å². The number of nitrogens with zero attached hydrogens (tertiary/aromatic N) is 3. The molecule has 6 nitrogen and oxygen atoms in total. The molecule has 2 bridgehead atoms. The predicted octanol–water partition coefficient (Wildman–Crippen LogP) is 1.99. The molecule has 2 atom stereocenters. The highest BCUT2D eigenvalue weighted by atomic mass is 16.1. The van der Waals surface area contributed by atoms with Crippen LogP contribution >= 0.6 is 0 Å². The molecule has 6 heteroatoms. The highest BCUT2D eigenvalue weighted by Crippen LogP contribution is 2.24. The van der Waals surface area contributed by atoms with E-state index in [9.17, 15) is 4.79 Å². The zero-order chi connectivity index (χ0) is 17.1. The first-order valence-corrected chi connectivity index (χ1v) is 8.93. The van der Waals surface area contributed by atoms with E-state index in [1.807, 2.05) is 36.5 Å². The topological polar surface area (TPSA) is 70.2 Å². The summed E-state index contributed by atoms with van der Waals surface area (Å²) in [6, 6.07) is 10.7. The molecule has 0 saturated carbocycles. The molecule has 0 radical (unpaired) electrons. The molecule has 1 amide bonds. The number of nitrogens with one attached hydrogen (secondary N) is 2. The molecule has 2 aliphatic rings. The first-order chi connectivity index (χ1) is 12.3. The van der Waals surface area contributed by atoms with Crippen molar-refractivity contribution in [1.82, 2.24) is 15.3 Å². The van der Waals surface area contributed by atoms with Gasteiger partial charge < -0.3 is 15.5 Å². The third kappa shape index (κ3) is 3.96. The second kappa shape index (κ2) is 7.19. The maximum Gasteiger partial charge on any atom is 0.231 e. The smallest absolute Gasteiger partial charge is 0.231 e. The van der Waals surface area contributed by atoms with Gasteiger partial charge in [0.05, 0.1) is 18.3 Å². The van der Waals surface area contributed by atoms with Crippen LogP contribution in [0.15, 0.2) is 42.7 Å². The van der Waals surface area contributed by atoms with Crippen molar-refractivity contribution in [2.45, 2.75) is 37.8 Å².